The van der Waals surface area contributed by atoms with Crippen LogP contribution in [-0.2, 0) is 4.79 Å². The summed E-state index contributed by atoms with van der Waals surface area (Å²) in [6.07, 6.45) is 3.83. The summed E-state index contributed by atoms with van der Waals surface area (Å²) in [7, 11) is 0. The lowest BCUT2D eigenvalue weighted by molar-refractivity contribution is -0.131. The molecule has 5 nitrogen and oxygen atoms in total. The maximum atomic E-state index is 12.9. The number of fused-ring (bicyclic) bond motifs is 1. The fraction of sp³-hybridized carbons (Fsp3) is 0.273. The van der Waals surface area contributed by atoms with Gasteiger partial charge in [0.1, 0.15) is 6.17 Å². The molecule has 3 atom stereocenters. The maximum Gasteiger partial charge on any atom is 0.264 e. The SMILES string of the molecule is N#Cc1ccc(C2=CC(=O)N3NC(C4CC4)C(c4ccc(Cl)cc4)C3N2)cc1. The number of benzene rings is 2. The zero-order valence-electron chi connectivity index (χ0n) is 15.1. The van der Waals surface area contributed by atoms with Crippen molar-refractivity contribution in [1.29, 1.82) is 5.26 Å². The second-order valence-corrected chi connectivity index (χ2v) is 8.05. The minimum atomic E-state index is -0.171. The van der Waals surface area contributed by atoms with Crippen molar-refractivity contribution < 1.29 is 4.79 Å². The van der Waals surface area contributed by atoms with E-state index in [0.717, 1.165) is 11.3 Å². The largest absolute Gasteiger partial charge is 0.363 e. The fourth-order valence-electron chi connectivity index (χ4n) is 4.25. The number of carbonyl (C=O) groups is 1. The molecule has 2 aromatic rings. The number of rotatable bonds is 3. The molecule has 1 saturated heterocycles. The van der Waals surface area contributed by atoms with Crippen molar-refractivity contribution in [2.45, 2.75) is 31.0 Å². The van der Waals surface area contributed by atoms with Crippen LogP contribution in [0.4, 0.5) is 0 Å². The molecule has 6 heteroatoms. The summed E-state index contributed by atoms with van der Waals surface area (Å²) in [5, 5.41) is 15.0. The average Bonchev–Trinajstić information content (AvgIpc) is 3.49. The van der Waals surface area contributed by atoms with E-state index in [-0.39, 0.29) is 24.0 Å². The molecule has 3 aliphatic rings. The molecular formula is C22H19ClN4O. The van der Waals surface area contributed by atoms with Crippen LogP contribution in [-0.4, -0.2) is 23.1 Å². The number of amides is 1. The normalized spacial score (nSPS) is 26.3. The van der Waals surface area contributed by atoms with Gasteiger partial charge in [-0.25, -0.2) is 5.43 Å². The molecule has 2 N–H and O–H groups in total. The van der Waals surface area contributed by atoms with E-state index in [2.05, 4.69) is 28.9 Å². The fourth-order valence-corrected chi connectivity index (χ4v) is 4.37. The van der Waals surface area contributed by atoms with Crippen molar-refractivity contribution in [1.82, 2.24) is 15.8 Å². The highest BCUT2D eigenvalue weighted by atomic mass is 35.5. The Balaban J connectivity index is 1.50. The van der Waals surface area contributed by atoms with Crippen LogP contribution in [0.5, 0.6) is 0 Å². The zero-order chi connectivity index (χ0) is 19.3. The first-order valence-electron chi connectivity index (χ1n) is 9.47. The molecule has 28 heavy (non-hydrogen) atoms. The van der Waals surface area contributed by atoms with Crippen LogP contribution >= 0.6 is 11.6 Å². The molecule has 0 spiro atoms. The van der Waals surface area contributed by atoms with Gasteiger partial charge in [0.2, 0.25) is 0 Å². The van der Waals surface area contributed by atoms with Crippen molar-refractivity contribution in [3.63, 3.8) is 0 Å². The number of nitrogens with zero attached hydrogens (tertiary/aromatic N) is 2. The van der Waals surface area contributed by atoms with Gasteiger partial charge in [0.15, 0.2) is 0 Å². The van der Waals surface area contributed by atoms with Crippen LogP contribution in [0.3, 0.4) is 0 Å². The second kappa shape index (κ2) is 6.66. The van der Waals surface area contributed by atoms with E-state index in [0.29, 0.717) is 16.5 Å². The molecule has 0 aromatic heterocycles. The van der Waals surface area contributed by atoms with Crippen molar-refractivity contribution in [2.75, 3.05) is 0 Å². The van der Waals surface area contributed by atoms with Crippen molar-refractivity contribution in [2.24, 2.45) is 5.92 Å². The van der Waals surface area contributed by atoms with Gasteiger partial charge in [0.25, 0.3) is 5.91 Å². The van der Waals surface area contributed by atoms with Crippen molar-refractivity contribution in [3.05, 3.63) is 76.3 Å². The second-order valence-electron chi connectivity index (χ2n) is 7.61. The summed E-state index contributed by atoms with van der Waals surface area (Å²) in [6.45, 7) is 0. The van der Waals surface area contributed by atoms with Gasteiger partial charge in [-0.05, 0) is 54.2 Å². The Morgan fingerprint density at radius 3 is 2.43 bits per heavy atom. The molecular weight excluding hydrogens is 372 g/mol. The van der Waals surface area contributed by atoms with E-state index < -0.39 is 0 Å². The first-order chi connectivity index (χ1) is 13.6. The molecule has 140 valence electrons. The first kappa shape index (κ1) is 17.3. The van der Waals surface area contributed by atoms with Gasteiger partial charge in [-0.1, -0.05) is 35.9 Å². The van der Waals surface area contributed by atoms with Crippen LogP contribution < -0.4 is 10.7 Å². The molecule has 0 radical (unpaired) electrons. The molecule has 2 heterocycles. The summed E-state index contributed by atoms with van der Waals surface area (Å²) in [6, 6.07) is 17.6. The lowest BCUT2D eigenvalue weighted by Gasteiger charge is -2.33. The average molecular weight is 391 g/mol. The summed E-state index contributed by atoms with van der Waals surface area (Å²) >= 11 is 6.09. The third-order valence-corrected chi connectivity index (χ3v) is 6.06. The number of carbonyl (C=O) groups excluding carboxylic acids is 1. The van der Waals surface area contributed by atoms with Gasteiger partial charge >= 0.3 is 0 Å². The van der Waals surface area contributed by atoms with Crippen molar-refractivity contribution in [3.8, 4) is 6.07 Å². The standard InChI is InChI=1S/C22H19ClN4O/c23-17-9-7-15(8-10-17)20-21(16-5-6-16)26-27-19(28)11-18(25-22(20)27)14-3-1-13(12-24)2-4-14/h1-4,7-11,16,20-22,25-26H,5-6H2. The predicted octanol–water partition coefficient (Wildman–Crippen LogP) is 3.39. The Morgan fingerprint density at radius 1 is 1.07 bits per heavy atom. The van der Waals surface area contributed by atoms with E-state index >= 15 is 0 Å². The smallest absolute Gasteiger partial charge is 0.264 e. The number of nitriles is 1. The first-order valence-corrected chi connectivity index (χ1v) is 9.85. The minimum Gasteiger partial charge on any atom is -0.363 e. The summed E-state index contributed by atoms with van der Waals surface area (Å²) in [4.78, 5) is 12.9. The van der Waals surface area contributed by atoms with E-state index in [9.17, 15) is 4.79 Å². The monoisotopic (exact) mass is 390 g/mol. The maximum absolute atomic E-state index is 12.9. The highest BCUT2D eigenvalue weighted by Gasteiger charge is 2.51. The van der Waals surface area contributed by atoms with E-state index in [1.165, 1.54) is 18.4 Å². The van der Waals surface area contributed by atoms with E-state index in [4.69, 9.17) is 16.9 Å². The third kappa shape index (κ3) is 2.95. The van der Waals surface area contributed by atoms with Gasteiger partial charge in [0, 0.05) is 28.8 Å². The highest BCUT2D eigenvalue weighted by molar-refractivity contribution is 6.30. The highest BCUT2D eigenvalue weighted by Crippen LogP contribution is 2.45. The molecule has 1 aliphatic carbocycles. The topological polar surface area (TPSA) is 68.2 Å². The van der Waals surface area contributed by atoms with Gasteiger partial charge < -0.3 is 5.32 Å². The zero-order valence-corrected chi connectivity index (χ0v) is 15.9. The van der Waals surface area contributed by atoms with Crippen molar-refractivity contribution >= 4 is 23.2 Å². The lowest BCUT2D eigenvalue weighted by atomic mass is 9.87. The van der Waals surface area contributed by atoms with Gasteiger partial charge in [0.05, 0.1) is 11.6 Å². The van der Waals surface area contributed by atoms with Gasteiger partial charge in [-0.15, -0.1) is 0 Å². The number of hydrazine groups is 1. The van der Waals surface area contributed by atoms with Crippen LogP contribution in [0.1, 0.15) is 35.4 Å². The van der Waals surface area contributed by atoms with E-state index in [1.807, 2.05) is 24.3 Å². The van der Waals surface area contributed by atoms with Gasteiger partial charge in [-0.2, -0.15) is 5.26 Å². The number of nitrogens with one attached hydrogen (secondary N) is 2. The number of hydrogen-bond acceptors (Lipinski definition) is 4. The van der Waals surface area contributed by atoms with Crippen LogP contribution in [0.15, 0.2) is 54.6 Å². The Labute approximate surface area is 168 Å². The molecule has 5 rings (SSSR count). The molecule has 1 amide bonds. The lowest BCUT2D eigenvalue weighted by Crippen LogP contribution is -2.52. The molecule has 2 fully saturated rings. The summed E-state index contributed by atoms with van der Waals surface area (Å²) in [5.74, 6) is 0.667. The van der Waals surface area contributed by atoms with Crippen LogP contribution in [0, 0.1) is 17.2 Å². The number of halogens is 1. The molecule has 0 bridgehead atoms. The summed E-state index contributed by atoms with van der Waals surface area (Å²) < 4.78 is 0. The third-order valence-electron chi connectivity index (χ3n) is 5.81. The summed E-state index contributed by atoms with van der Waals surface area (Å²) in [5.41, 5.74) is 6.91. The quantitative estimate of drug-likeness (QED) is 0.842. The molecule has 2 aliphatic heterocycles. The van der Waals surface area contributed by atoms with E-state index in [1.54, 1.807) is 23.2 Å². The van der Waals surface area contributed by atoms with Crippen LogP contribution in [0.2, 0.25) is 5.02 Å². The molecule has 1 saturated carbocycles. The molecule has 3 unspecified atom stereocenters. The Bertz CT molecular complexity index is 989. The predicted molar refractivity (Wildman–Crippen MR) is 107 cm³/mol. The Kier molecular flexibility index (Phi) is 4.12. The number of hydrogen-bond donors (Lipinski definition) is 2. The minimum absolute atomic E-state index is 0.0507. The van der Waals surface area contributed by atoms with Gasteiger partial charge in [-0.3, -0.25) is 9.80 Å². The Hall–Kier alpha value is -2.81. The van der Waals surface area contributed by atoms with Crippen LogP contribution in [0.25, 0.3) is 5.70 Å². The molecule has 2 aromatic carbocycles. The Morgan fingerprint density at radius 2 is 1.79 bits per heavy atom.